The Kier molecular flexibility index (Phi) is 4.29. The molecule has 3 aromatic rings. The first-order valence-electron chi connectivity index (χ1n) is 9.69. The van der Waals surface area contributed by atoms with Crippen LogP contribution in [0.5, 0.6) is 0 Å². The van der Waals surface area contributed by atoms with Crippen LogP contribution in [0.15, 0.2) is 22.6 Å². The highest BCUT2D eigenvalue weighted by molar-refractivity contribution is 5.95. The zero-order chi connectivity index (χ0) is 19.2. The van der Waals surface area contributed by atoms with Crippen LogP contribution in [0.4, 0.5) is 11.7 Å². The Hall–Kier alpha value is -2.63. The fraction of sp³-hybridized carbons (Fsp3) is 0.476. The predicted octanol–water partition coefficient (Wildman–Crippen LogP) is 4.86. The number of rotatable bonds is 5. The van der Waals surface area contributed by atoms with Gasteiger partial charge < -0.3 is 15.5 Å². The number of benzene rings is 1. The summed E-state index contributed by atoms with van der Waals surface area (Å²) in [5.41, 5.74) is 11.2. The number of anilines is 2. The monoisotopic (exact) mass is 365 g/mol. The number of nitrogen functional groups attached to an aromatic ring is 1. The Morgan fingerprint density at radius 1 is 1.19 bits per heavy atom. The van der Waals surface area contributed by atoms with E-state index in [1.807, 2.05) is 6.07 Å². The summed E-state index contributed by atoms with van der Waals surface area (Å²) in [6, 6.07) is 6.75. The van der Waals surface area contributed by atoms with Crippen LogP contribution in [-0.4, -0.2) is 21.7 Å². The minimum Gasteiger partial charge on any atom is -0.402 e. The maximum absolute atomic E-state index is 6.44. The molecule has 0 unspecified atom stereocenters. The van der Waals surface area contributed by atoms with Gasteiger partial charge in [-0.2, -0.15) is 0 Å². The van der Waals surface area contributed by atoms with E-state index in [0.717, 1.165) is 23.9 Å². The average Bonchev–Trinajstić information content (AvgIpc) is 3.36. The van der Waals surface area contributed by atoms with Crippen LogP contribution in [0.25, 0.3) is 22.5 Å². The molecule has 0 aliphatic heterocycles. The Labute approximate surface area is 159 Å². The van der Waals surface area contributed by atoms with E-state index in [2.05, 4.69) is 55.3 Å². The Bertz CT molecular complexity index is 982. The van der Waals surface area contributed by atoms with Gasteiger partial charge in [0.15, 0.2) is 0 Å². The highest BCUT2D eigenvalue weighted by Crippen LogP contribution is 2.44. The van der Waals surface area contributed by atoms with Crippen molar-refractivity contribution in [2.45, 2.75) is 58.3 Å². The first kappa shape index (κ1) is 17.8. The van der Waals surface area contributed by atoms with E-state index >= 15 is 0 Å². The van der Waals surface area contributed by atoms with Crippen LogP contribution in [0, 0.1) is 0 Å². The summed E-state index contributed by atoms with van der Waals surface area (Å²) in [4.78, 5) is 4.88. The molecule has 6 heteroatoms. The molecular formula is C21H27N5O. The molecule has 1 saturated carbocycles. The molecule has 142 valence electrons. The maximum atomic E-state index is 6.44. The number of nitrogens with one attached hydrogen (secondary N) is 1. The van der Waals surface area contributed by atoms with E-state index < -0.39 is 0 Å². The molecule has 0 spiro atoms. The normalized spacial score (nSPS) is 14.7. The molecule has 0 saturated heterocycles. The highest BCUT2D eigenvalue weighted by atomic mass is 16.4. The van der Waals surface area contributed by atoms with E-state index in [-0.39, 0.29) is 5.41 Å². The largest absolute Gasteiger partial charge is 0.402 e. The molecule has 6 nitrogen and oxygen atoms in total. The Balaban J connectivity index is 1.84. The summed E-state index contributed by atoms with van der Waals surface area (Å²) in [6.45, 7) is 9.50. The molecule has 3 N–H and O–H groups in total. The lowest BCUT2D eigenvalue weighted by molar-refractivity contribution is 0.577. The molecule has 4 rings (SSSR count). The summed E-state index contributed by atoms with van der Waals surface area (Å²) in [6.07, 6.45) is 3.50. The van der Waals surface area contributed by atoms with Gasteiger partial charge in [-0.15, -0.1) is 5.10 Å². The Morgan fingerprint density at radius 3 is 2.63 bits per heavy atom. The minimum atomic E-state index is -0.0378. The molecule has 1 aromatic carbocycles. The second kappa shape index (κ2) is 6.51. The third kappa shape index (κ3) is 3.48. The van der Waals surface area contributed by atoms with Crippen LogP contribution in [-0.2, 0) is 5.41 Å². The van der Waals surface area contributed by atoms with Gasteiger partial charge in [-0.05, 0) is 53.9 Å². The molecule has 1 fully saturated rings. The summed E-state index contributed by atoms with van der Waals surface area (Å²) in [5, 5.41) is 12.3. The lowest BCUT2D eigenvalue weighted by Gasteiger charge is -2.23. The topological polar surface area (TPSA) is 89.9 Å². The molecule has 2 heterocycles. The molecule has 0 radical (unpaired) electrons. The summed E-state index contributed by atoms with van der Waals surface area (Å²) >= 11 is 0. The molecule has 1 aliphatic rings. The van der Waals surface area contributed by atoms with E-state index in [1.54, 1.807) is 0 Å². The smallest absolute Gasteiger partial charge is 0.315 e. The third-order valence-electron chi connectivity index (χ3n) is 4.99. The zero-order valence-corrected chi connectivity index (χ0v) is 16.5. The van der Waals surface area contributed by atoms with Crippen molar-refractivity contribution in [3.63, 3.8) is 0 Å². The molecule has 0 bridgehead atoms. The van der Waals surface area contributed by atoms with Gasteiger partial charge in [0.2, 0.25) is 0 Å². The standard InChI is InChI=1S/C21H27N5O/c1-5-8-23-20-26-25-19(27-20)17-11-16(22)14-9-13(12-6-7-12)10-15(18(14)24-17)21(2,3)4/h9-12H,5-8H2,1-4H3,(H2,22,24)(H,23,26). The summed E-state index contributed by atoms with van der Waals surface area (Å²) in [7, 11) is 0. The minimum absolute atomic E-state index is 0.0378. The lowest BCUT2D eigenvalue weighted by Crippen LogP contribution is -2.13. The predicted molar refractivity (Wildman–Crippen MR) is 109 cm³/mol. The SMILES string of the molecule is CCCNc1nnc(-c2cc(N)c3cc(C4CC4)cc(C(C)(C)C)c3n2)o1. The van der Waals surface area contributed by atoms with Crippen LogP contribution in [0.1, 0.15) is 64.0 Å². The number of hydrogen-bond donors (Lipinski definition) is 2. The number of aromatic nitrogens is 3. The van der Waals surface area contributed by atoms with Gasteiger partial charge in [0.05, 0.1) is 5.52 Å². The Morgan fingerprint density at radius 2 is 1.96 bits per heavy atom. The number of fused-ring (bicyclic) bond motifs is 1. The maximum Gasteiger partial charge on any atom is 0.315 e. The molecule has 1 aliphatic carbocycles. The lowest BCUT2D eigenvalue weighted by atomic mass is 9.83. The van der Waals surface area contributed by atoms with Crippen LogP contribution < -0.4 is 11.1 Å². The summed E-state index contributed by atoms with van der Waals surface area (Å²) in [5.74, 6) is 1.05. The van der Waals surface area contributed by atoms with Gasteiger partial charge in [-0.3, -0.25) is 0 Å². The molecular weight excluding hydrogens is 338 g/mol. The highest BCUT2D eigenvalue weighted by Gasteiger charge is 2.28. The second-order valence-electron chi connectivity index (χ2n) is 8.42. The molecule has 2 aromatic heterocycles. The van der Waals surface area contributed by atoms with Crippen molar-refractivity contribution in [3.05, 3.63) is 29.3 Å². The van der Waals surface area contributed by atoms with E-state index in [1.165, 1.54) is 24.0 Å². The van der Waals surface area contributed by atoms with Crippen molar-refractivity contribution in [1.82, 2.24) is 15.2 Å². The van der Waals surface area contributed by atoms with E-state index in [4.69, 9.17) is 15.1 Å². The van der Waals surface area contributed by atoms with E-state index in [9.17, 15) is 0 Å². The van der Waals surface area contributed by atoms with Gasteiger partial charge in [-0.25, -0.2) is 4.98 Å². The van der Waals surface area contributed by atoms with Gasteiger partial charge >= 0.3 is 6.01 Å². The van der Waals surface area contributed by atoms with Crippen LogP contribution in [0.2, 0.25) is 0 Å². The zero-order valence-electron chi connectivity index (χ0n) is 16.5. The summed E-state index contributed by atoms with van der Waals surface area (Å²) < 4.78 is 5.72. The van der Waals surface area contributed by atoms with E-state index in [0.29, 0.717) is 29.2 Å². The first-order chi connectivity index (χ1) is 12.9. The van der Waals surface area contributed by atoms with Gasteiger partial charge in [0, 0.05) is 17.6 Å². The van der Waals surface area contributed by atoms with Crippen LogP contribution >= 0.6 is 0 Å². The number of nitrogens with two attached hydrogens (primary N) is 1. The van der Waals surface area contributed by atoms with Crippen molar-refractivity contribution in [2.75, 3.05) is 17.6 Å². The van der Waals surface area contributed by atoms with Gasteiger partial charge in [0.1, 0.15) is 5.69 Å². The van der Waals surface area contributed by atoms with Crippen LogP contribution in [0.3, 0.4) is 0 Å². The van der Waals surface area contributed by atoms with Gasteiger partial charge in [-0.1, -0.05) is 38.9 Å². The van der Waals surface area contributed by atoms with Crippen molar-refractivity contribution < 1.29 is 4.42 Å². The number of hydrogen-bond acceptors (Lipinski definition) is 6. The number of pyridine rings is 1. The van der Waals surface area contributed by atoms with Crippen molar-refractivity contribution in [2.24, 2.45) is 0 Å². The van der Waals surface area contributed by atoms with Gasteiger partial charge in [0.25, 0.3) is 5.89 Å². The average molecular weight is 365 g/mol. The second-order valence-corrected chi connectivity index (χ2v) is 8.42. The van der Waals surface area contributed by atoms with Crippen molar-refractivity contribution in [3.8, 4) is 11.6 Å². The fourth-order valence-electron chi connectivity index (χ4n) is 3.34. The quantitative estimate of drug-likeness (QED) is 0.671. The fourth-order valence-corrected chi connectivity index (χ4v) is 3.34. The first-order valence-corrected chi connectivity index (χ1v) is 9.69. The van der Waals surface area contributed by atoms with Crippen molar-refractivity contribution >= 4 is 22.6 Å². The molecule has 0 atom stereocenters. The molecule has 27 heavy (non-hydrogen) atoms. The molecule has 0 amide bonds. The number of nitrogens with zero attached hydrogens (tertiary/aromatic N) is 3. The van der Waals surface area contributed by atoms with Crippen molar-refractivity contribution in [1.29, 1.82) is 0 Å². The third-order valence-corrected chi connectivity index (χ3v) is 4.99.